The fraction of sp³-hybridized carbons (Fsp3) is 0.875. The second kappa shape index (κ2) is 2.49. The molecule has 2 aliphatic carbocycles. The number of hydrogen-bond donors (Lipinski definition) is 1. The highest BCUT2D eigenvalue weighted by Crippen LogP contribution is 2.49. The van der Waals surface area contributed by atoms with Gasteiger partial charge in [0, 0.05) is 10.1 Å². The van der Waals surface area contributed by atoms with Crippen LogP contribution in [0.2, 0.25) is 0 Å². The number of thiocarbonyl (C=S) groups is 1. The summed E-state index contributed by atoms with van der Waals surface area (Å²) >= 11 is 9.34. The van der Waals surface area contributed by atoms with Crippen molar-refractivity contribution in [1.82, 2.24) is 0 Å². The number of hydrogen-bond acceptors (Lipinski definition) is 1. The van der Waals surface area contributed by atoms with Crippen molar-refractivity contribution >= 4 is 29.0 Å². The first-order valence-electron chi connectivity index (χ1n) is 4.00. The highest BCUT2D eigenvalue weighted by molar-refractivity contribution is 8.11. The van der Waals surface area contributed by atoms with E-state index in [1.807, 2.05) is 0 Å². The smallest absolute Gasteiger partial charge is 0.0481 e. The maximum atomic E-state index is 5.08. The highest BCUT2D eigenvalue weighted by Gasteiger charge is 2.40. The number of fused-ring (bicyclic) bond motifs is 2. The summed E-state index contributed by atoms with van der Waals surface area (Å²) in [5, 5.41) is 0. The first kappa shape index (κ1) is 7.11. The number of thiol groups is 1. The van der Waals surface area contributed by atoms with Crippen LogP contribution in [0.1, 0.15) is 25.7 Å². The van der Waals surface area contributed by atoms with Crippen molar-refractivity contribution < 1.29 is 0 Å². The molecule has 0 heterocycles. The first-order chi connectivity index (χ1) is 4.77. The third kappa shape index (κ3) is 1.02. The molecule has 3 unspecified atom stereocenters. The topological polar surface area (TPSA) is 0 Å². The van der Waals surface area contributed by atoms with Crippen molar-refractivity contribution in [2.24, 2.45) is 17.8 Å². The maximum Gasteiger partial charge on any atom is 0.0481 e. The van der Waals surface area contributed by atoms with Gasteiger partial charge in [0.05, 0.1) is 0 Å². The van der Waals surface area contributed by atoms with E-state index in [1.165, 1.54) is 25.7 Å². The van der Waals surface area contributed by atoms with Gasteiger partial charge in [-0.15, -0.1) is 12.6 Å². The van der Waals surface area contributed by atoms with Crippen LogP contribution in [0, 0.1) is 17.8 Å². The summed E-state index contributed by atoms with van der Waals surface area (Å²) in [7, 11) is 0. The van der Waals surface area contributed by atoms with E-state index >= 15 is 0 Å². The Bertz CT molecular complexity index is 165. The van der Waals surface area contributed by atoms with Crippen molar-refractivity contribution in [2.75, 3.05) is 0 Å². The molecule has 56 valence electrons. The molecule has 0 aromatic rings. The molecule has 3 atom stereocenters. The van der Waals surface area contributed by atoms with Crippen LogP contribution in [0.25, 0.3) is 0 Å². The van der Waals surface area contributed by atoms with Gasteiger partial charge in [0.25, 0.3) is 0 Å². The van der Waals surface area contributed by atoms with Gasteiger partial charge in [-0.3, -0.25) is 0 Å². The van der Waals surface area contributed by atoms with Crippen molar-refractivity contribution in [3.63, 3.8) is 0 Å². The minimum absolute atomic E-state index is 0.692. The van der Waals surface area contributed by atoms with Crippen LogP contribution >= 0.6 is 24.8 Å². The molecular weight excluding hydrogens is 160 g/mol. The van der Waals surface area contributed by atoms with Crippen LogP contribution in [0.5, 0.6) is 0 Å². The van der Waals surface area contributed by atoms with Gasteiger partial charge in [0.2, 0.25) is 0 Å². The van der Waals surface area contributed by atoms with Gasteiger partial charge in [-0.2, -0.15) is 0 Å². The molecule has 2 rings (SSSR count). The summed E-state index contributed by atoms with van der Waals surface area (Å²) in [5.41, 5.74) is 0. The van der Waals surface area contributed by atoms with Crippen LogP contribution < -0.4 is 0 Å². The summed E-state index contributed by atoms with van der Waals surface area (Å²) in [6.07, 6.45) is 5.64. The SMILES string of the molecule is S=C(S)C1CC2CCC1C2. The van der Waals surface area contributed by atoms with Gasteiger partial charge >= 0.3 is 0 Å². The second-order valence-corrected chi connectivity index (χ2v) is 4.84. The lowest BCUT2D eigenvalue weighted by Crippen LogP contribution is -2.14. The summed E-state index contributed by atoms with van der Waals surface area (Å²) in [6, 6.07) is 0. The molecule has 0 N–H and O–H groups in total. The molecule has 2 heteroatoms. The average Bonchev–Trinajstić information content (AvgIpc) is 2.44. The molecular formula is C8H12S2. The van der Waals surface area contributed by atoms with E-state index in [4.69, 9.17) is 12.2 Å². The third-order valence-electron chi connectivity index (χ3n) is 3.06. The Balaban J connectivity index is 2.08. The van der Waals surface area contributed by atoms with Gasteiger partial charge < -0.3 is 0 Å². The zero-order chi connectivity index (χ0) is 7.14. The zero-order valence-corrected chi connectivity index (χ0v) is 7.63. The fourth-order valence-corrected chi connectivity index (χ4v) is 3.15. The lowest BCUT2D eigenvalue weighted by Gasteiger charge is -2.19. The van der Waals surface area contributed by atoms with E-state index in [0.717, 1.165) is 16.0 Å². The Kier molecular flexibility index (Phi) is 1.77. The van der Waals surface area contributed by atoms with E-state index in [1.54, 1.807) is 0 Å². The first-order valence-corrected chi connectivity index (χ1v) is 4.85. The second-order valence-electron chi connectivity index (χ2n) is 3.62. The van der Waals surface area contributed by atoms with Gasteiger partial charge in [0.15, 0.2) is 0 Å². The molecule has 0 spiro atoms. The molecule has 10 heavy (non-hydrogen) atoms. The van der Waals surface area contributed by atoms with Crippen LogP contribution in [-0.4, -0.2) is 4.20 Å². The summed E-state index contributed by atoms with van der Waals surface area (Å²) in [6.45, 7) is 0. The maximum absolute atomic E-state index is 5.08. The predicted molar refractivity (Wildman–Crippen MR) is 50.5 cm³/mol. The molecule has 2 bridgehead atoms. The van der Waals surface area contributed by atoms with E-state index in [2.05, 4.69) is 12.6 Å². The predicted octanol–water partition coefficient (Wildman–Crippen LogP) is 2.68. The molecule has 0 aromatic heterocycles. The summed E-state index contributed by atoms with van der Waals surface area (Å²) < 4.78 is 0.965. The number of rotatable bonds is 1. The van der Waals surface area contributed by atoms with Gasteiger partial charge in [-0.25, -0.2) is 0 Å². The van der Waals surface area contributed by atoms with Gasteiger partial charge in [0.1, 0.15) is 0 Å². The highest BCUT2D eigenvalue weighted by atomic mass is 32.1. The molecule has 0 aliphatic heterocycles. The molecule has 0 radical (unpaired) electrons. The standard InChI is InChI=1S/C8H12S2/c9-8(10)7-4-5-1-2-6(7)3-5/h5-7H,1-4H2,(H,9,10). The van der Waals surface area contributed by atoms with Crippen molar-refractivity contribution in [3.8, 4) is 0 Å². The van der Waals surface area contributed by atoms with Crippen molar-refractivity contribution in [3.05, 3.63) is 0 Å². The quantitative estimate of drug-likeness (QED) is 0.469. The van der Waals surface area contributed by atoms with E-state index < -0.39 is 0 Å². The van der Waals surface area contributed by atoms with E-state index in [-0.39, 0.29) is 0 Å². The average molecular weight is 172 g/mol. The minimum Gasteiger partial charge on any atom is -0.136 e. The minimum atomic E-state index is 0.692. The van der Waals surface area contributed by atoms with E-state index in [0.29, 0.717) is 5.92 Å². The van der Waals surface area contributed by atoms with Crippen LogP contribution in [0.15, 0.2) is 0 Å². The zero-order valence-electron chi connectivity index (χ0n) is 5.92. The Hall–Kier alpha value is 0.440. The van der Waals surface area contributed by atoms with Crippen LogP contribution in [0.3, 0.4) is 0 Å². The third-order valence-corrected chi connectivity index (χ3v) is 3.69. The molecule has 0 saturated heterocycles. The van der Waals surface area contributed by atoms with Crippen molar-refractivity contribution in [1.29, 1.82) is 0 Å². The molecule has 2 saturated carbocycles. The summed E-state index contributed by atoms with van der Waals surface area (Å²) in [5.74, 6) is 2.60. The van der Waals surface area contributed by atoms with Crippen LogP contribution in [0.4, 0.5) is 0 Å². The van der Waals surface area contributed by atoms with Gasteiger partial charge in [-0.05, 0) is 31.1 Å². The Labute approximate surface area is 72.8 Å². The Morgan fingerprint density at radius 3 is 2.40 bits per heavy atom. The van der Waals surface area contributed by atoms with Gasteiger partial charge in [-0.1, -0.05) is 18.6 Å². The molecule has 2 fully saturated rings. The monoisotopic (exact) mass is 172 g/mol. The molecule has 0 aromatic carbocycles. The molecule has 0 amide bonds. The Morgan fingerprint density at radius 1 is 1.30 bits per heavy atom. The lowest BCUT2D eigenvalue weighted by molar-refractivity contribution is 0.422. The fourth-order valence-electron chi connectivity index (χ4n) is 2.55. The normalized spacial score (nSPS) is 44.3. The molecule has 2 aliphatic rings. The Morgan fingerprint density at radius 2 is 2.10 bits per heavy atom. The van der Waals surface area contributed by atoms with Crippen molar-refractivity contribution in [2.45, 2.75) is 25.7 Å². The lowest BCUT2D eigenvalue weighted by atomic mass is 9.90. The van der Waals surface area contributed by atoms with E-state index in [9.17, 15) is 0 Å². The largest absolute Gasteiger partial charge is 0.136 e. The van der Waals surface area contributed by atoms with Crippen LogP contribution in [-0.2, 0) is 0 Å². The molecule has 0 nitrogen and oxygen atoms in total. The summed E-state index contributed by atoms with van der Waals surface area (Å²) in [4.78, 5) is 0.